The lowest BCUT2D eigenvalue weighted by Crippen LogP contribution is -2.49. The van der Waals surface area contributed by atoms with Gasteiger partial charge in [-0.2, -0.15) is 5.26 Å². The fraction of sp³-hybridized carbons (Fsp3) is 0.350. The number of hydrogen-bond donors (Lipinski definition) is 2. The molecule has 128 valence electrons. The molecule has 1 aliphatic rings. The van der Waals surface area contributed by atoms with Crippen LogP contribution in [0.1, 0.15) is 24.8 Å². The highest BCUT2D eigenvalue weighted by atomic mass is 16.2. The van der Waals surface area contributed by atoms with E-state index in [1.165, 1.54) is 0 Å². The number of nitrogens with zero attached hydrogens (tertiary/aromatic N) is 2. The molecule has 0 unspecified atom stereocenters. The molecule has 0 spiro atoms. The summed E-state index contributed by atoms with van der Waals surface area (Å²) in [6.07, 6.45) is 7.07. The zero-order valence-corrected chi connectivity index (χ0v) is 14.1. The SMILES string of the molecule is N#C[C@H](Cc1ccc(-c2cccnc2)cc1)NC(=O)[C@@H]1CCCCN1. The summed E-state index contributed by atoms with van der Waals surface area (Å²) in [5.74, 6) is -0.0711. The van der Waals surface area contributed by atoms with Gasteiger partial charge in [0.1, 0.15) is 6.04 Å². The van der Waals surface area contributed by atoms with Crippen molar-refractivity contribution in [3.8, 4) is 17.2 Å². The van der Waals surface area contributed by atoms with E-state index in [9.17, 15) is 10.1 Å². The topological polar surface area (TPSA) is 77.8 Å². The molecular formula is C20H22N4O. The Hall–Kier alpha value is -2.71. The average molecular weight is 334 g/mol. The Bertz CT molecular complexity index is 731. The molecule has 1 aromatic carbocycles. The zero-order valence-electron chi connectivity index (χ0n) is 14.1. The van der Waals surface area contributed by atoms with Gasteiger partial charge in [0.05, 0.1) is 12.1 Å². The molecule has 1 saturated heterocycles. The van der Waals surface area contributed by atoms with Crippen molar-refractivity contribution in [3.63, 3.8) is 0 Å². The summed E-state index contributed by atoms with van der Waals surface area (Å²) in [6.45, 7) is 0.866. The van der Waals surface area contributed by atoms with E-state index in [-0.39, 0.29) is 11.9 Å². The summed E-state index contributed by atoms with van der Waals surface area (Å²) < 4.78 is 0. The molecule has 1 fully saturated rings. The molecule has 25 heavy (non-hydrogen) atoms. The third kappa shape index (κ3) is 4.65. The average Bonchev–Trinajstić information content (AvgIpc) is 2.69. The lowest BCUT2D eigenvalue weighted by atomic mass is 10.0. The summed E-state index contributed by atoms with van der Waals surface area (Å²) in [6, 6.07) is 13.5. The van der Waals surface area contributed by atoms with Crippen molar-refractivity contribution in [1.82, 2.24) is 15.6 Å². The molecule has 2 atom stereocenters. The molecule has 0 saturated carbocycles. The maximum absolute atomic E-state index is 12.3. The van der Waals surface area contributed by atoms with Crippen LogP contribution in [0.3, 0.4) is 0 Å². The molecule has 1 aliphatic heterocycles. The predicted octanol–water partition coefficient (Wildman–Crippen LogP) is 2.44. The van der Waals surface area contributed by atoms with Crippen molar-refractivity contribution >= 4 is 5.91 Å². The minimum absolute atomic E-state index is 0.0711. The van der Waals surface area contributed by atoms with E-state index >= 15 is 0 Å². The molecule has 2 N–H and O–H groups in total. The number of carbonyl (C=O) groups is 1. The standard InChI is InChI=1S/C20H22N4O/c21-13-18(24-20(25)19-5-1-2-11-23-19)12-15-6-8-16(9-7-15)17-4-3-10-22-14-17/h3-4,6-10,14,18-19,23H,1-2,5,11-12H2,(H,24,25)/t18-,19-/m0/s1. The summed E-state index contributed by atoms with van der Waals surface area (Å²) in [7, 11) is 0. The van der Waals surface area contributed by atoms with Gasteiger partial charge in [0.2, 0.25) is 5.91 Å². The van der Waals surface area contributed by atoms with E-state index in [0.717, 1.165) is 42.5 Å². The third-order valence-electron chi connectivity index (χ3n) is 4.49. The molecule has 3 rings (SSSR count). The molecule has 5 heteroatoms. The Labute approximate surface area is 148 Å². The van der Waals surface area contributed by atoms with E-state index in [4.69, 9.17) is 0 Å². The number of pyridine rings is 1. The van der Waals surface area contributed by atoms with E-state index in [1.54, 1.807) is 6.20 Å². The number of benzene rings is 1. The van der Waals surface area contributed by atoms with Crippen LogP contribution in [0.15, 0.2) is 48.8 Å². The molecular weight excluding hydrogens is 312 g/mol. The smallest absolute Gasteiger partial charge is 0.238 e. The van der Waals surface area contributed by atoms with Gasteiger partial charge in [-0.05, 0) is 42.1 Å². The number of nitriles is 1. The van der Waals surface area contributed by atoms with Gasteiger partial charge in [-0.25, -0.2) is 0 Å². The van der Waals surface area contributed by atoms with Gasteiger partial charge in [-0.15, -0.1) is 0 Å². The van der Waals surface area contributed by atoms with Crippen molar-refractivity contribution < 1.29 is 4.79 Å². The maximum Gasteiger partial charge on any atom is 0.238 e. The second-order valence-corrected chi connectivity index (χ2v) is 6.34. The summed E-state index contributed by atoms with van der Waals surface area (Å²) in [5.41, 5.74) is 3.17. The van der Waals surface area contributed by atoms with Crippen molar-refractivity contribution in [1.29, 1.82) is 5.26 Å². The van der Waals surface area contributed by atoms with Gasteiger partial charge in [-0.1, -0.05) is 36.8 Å². The highest BCUT2D eigenvalue weighted by Crippen LogP contribution is 2.19. The number of hydrogen-bond acceptors (Lipinski definition) is 4. The fourth-order valence-electron chi connectivity index (χ4n) is 3.08. The van der Waals surface area contributed by atoms with Crippen molar-refractivity contribution in [2.24, 2.45) is 0 Å². The van der Waals surface area contributed by atoms with Gasteiger partial charge in [0, 0.05) is 18.8 Å². The van der Waals surface area contributed by atoms with Gasteiger partial charge in [0.15, 0.2) is 0 Å². The highest BCUT2D eigenvalue weighted by molar-refractivity contribution is 5.82. The summed E-state index contributed by atoms with van der Waals surface area (Å²) in [4.78, 5) is 16.4. The Balaban J connectivity index is 1.60. The Morgan fingerprint density at radius 1 is 1.28 bits per heavy atom. The van der Waals surface area contributed by atoms with Crippen molar-refractivity contribution in [3.05, 3.63) is 54.4 Å². The Morgan fingerprint density at radius 3 is 2.76 bits per heavy atom. The van der Waals surface area contributed by atoms with Crippen LogP contribution >= 0.6 is 0 Å². The normalized spacial score (nSPS) is 18.1. The summed E-state index contributed by atoms with van der Waals surface area (Å²) >= 11 is 0. The first kappa shape index (κ1) is 17.1. The Kier molecular flexibility index (Phi) is 5.76. The number of nitrogens with one attached hydrogen (secondary N) is 2. The largest absolute Gasteiger partial charge is 0.339 e. The minimum Gasteiger partial charge on any atom is -0.339 e. The van der Waals surface area contributed by atoms with E-state index in [1.807, 2.05) is 42.6 Å². The van der Waals surface area contributed by atoms with Crippen LogP contribution in [-0.4, -0.2) is 29.5 Å². The minimum atomic E-state index is -0.513. The molecule has 0 radical (unpaired) electrons. The monoisotopic (exact) mass is 334 g/mol. The van der Waals surface area contributed by atoms with Crippen LogP contribution in [0.5, 0.6) is 0 Å². The molecule has 2 heterocycles. The maximum atomic E-state index is 12.3. The molecule has 0 aliphatic carbocycles. The van der Waals surface area contributed by atoms with Crippen molar-refractivity contribution in [2.75, 3.05) is 6.54 Å². The van der Waals surface area contributed by atoms with Gasteiger partial charge in [-0.3, -0.25) is 9.78 Å². The van der Waals surface area contributed by atoms with Crippen LogP contribution in [-0.2, 0) is 11.2 Å². The van der Waals surface area contributed by atoms with Crippen LogP contribution in [0.2, 0.25) is 0 Å². The number of piperidine rings is 1. The quantitative estimate of drug-likeness (QED) is 0.880. The number of amides is 1. The molecule has 5 nitrogen and oxygen atoms in total. The zero-order chi connectivity index (χ0) is 17.5. The number of rotatable bonds is 5. The second kappa shape index (κ2) is 8.41. The lowest BCUT2D eigenvalue weighted by Gasteiger charge is -2.23. The first-order valence-electron chi connectivity index (χ1n) is 8.69. The van der Waals surface area contributed by atoms with Crippen LogP contribution in [0, 0.1) is 11.3 Å². The highest BCUT2D eigenvalue weighted by Gasteiger charge is 2.22. The molecule has 2 aromatic rings. The third-order valence-corrected chi connectivity index (χ3v) is 4.49. The van der Waals surface area contributed by atoms with Crippen molar-refractivity contribution in [2.45, 2.75) is 37.8 Å². The lowest BCUT2D eigenvalue weighted by molar-refractivity contribution is -0.124. The second-order valence-electron chi connectivity index (χ2n) is 6.34. The van der Waals surface area contributed by atoms with Crippen LogP contribution < -0.4 is 10.6 Å². The molecule has 1 aromatic heterocycles. The van der Waals surface area contributed by atoms with E-state index < -0.39 is 6.04 Å². The van der Waals surface area contributed by atoms with Crippen LogP contribution in [0.25, 0.3) is 11.1 Å². The molecule has 0 bridgehead atoms. The fourth-order valence-corrected chi connectivity index (χ4v) is 3.08. The predicted molar refractivity (Wildman–Crippen MR) is 96.6 cm³/mol. The first-order chi connectivity index (χ1) is 12.3. The van der Waals surface area contributed by atoms with Gasteiger partial charge >= 0.3 is 0 Å². The van der Waals surface area contributed by atoms with Crippen LogP contribution in [0.4, 0.5) is 0 Å². The first-order valence-corrected chi connectivity index (χ1v) is 8.69. The van der Waals surface area contributed by atoms with E-state index in [0.29, 0.717) is 6.42 Å². The van der Waals surface area contributed by atoms with E-state index in [2.05, 4.69) is 21.7 Å². The van der Waals surface area contributed by atoms with Gasteiger partial charge in [0.25, 0.3) is 0 Å². The molecule has 1 amide bonds. The number of carbonyl (C=O) groups excluding carboxylic acids is 1. The number of aromatic nitrogens is 1. The Morgan fingerprint density at radius 2 is 2.12 bits per heavy atom. The van der Waals surface area contributed by atoms with Gasteiger partial charge < -0.3 is 10.6 Å². The summed E-state index contributed by atoms with van der Waals surface area (Å²) in [5, 5.41) is 15.4.